The largest absolute Gasteiger partial charge is 0.330 e. The Hall–Kier alpha value is -1.83. The number of imide groups is 2. The second kappa shape index (κ2) is 4.60. The van der Waals surface area contributed by atoms with E-state index in [4.69, 9.17) is 6.42 Å². The number of carbonyl (C=O) groups is 3. The fourth-order valence-electron chi connectivity index (χ4n) is 1.28. The number of nitrogens with one attached hydrogen (secondary N) is 1. The SMILES string of the molecule is C#CCCCN1C(=O)NC(=O)C(C)C1=O. The van der Waals surface area contributed by atoms with Crippen LogP contribution in [0.2, 0.25) is 0 Å². The number of hydrogen-bond acceptors (Lipinski definition) is 3. The van der Waals surface area contributed by atoms with Gasteiger partial charge < -0.3 is 0 Å². The van der Waals surface area contributed by atoms with Crippen LogP contribution in [0.25, 0.3) is 0 Å². The van der Waals surface area contributed by atoms with Gasteiger partial charge in [-0.1, -0.05) is 0 Å². The van der Waals surface area contributed by atoms with E-state index in [2.05, 4.69) is 11.2 Å². The summed E-state index contributed by atoms with van der Waals surface area (Å²) < 4.78 is 0. The smallest absolute Gasteiger partial charge is 0.277 e. The molecule has 0 saturated carbocycles. The predicted molar refractivity (Wildman–Crippen MR) is 52.5 cm³/mol. The predicted octanol–water partition coefficient (Wildman–Crippen LogP) is 0.114. The zero-order valence-electron chi connectivity index (χ0n) is 8.45. The van der Waals surface area contributed by atoms with Crippen LogP contribution in [0.5, 0.6) is 0 Å². The summed E-state index contributed by atoms with van der Waals surface area (Å²) in [5.41, 5.74) is 0. The van der Waals surface area contributed by atoms with Gasteiger partial charge in [-0.25, -0.2) is 4.79 Å². The first-order valence-electron chi connectivity index (χ1n) is 4.67. The molecule has 5 heteroatoms. The normalized spacial score (nSPS) is 21.2. The van der Waals surface area contributed by atoms with Crippen LogP contribution in [-0.4, -0.2) is 29.3 Å². The summed E-state index contributed by atoms with van der Waals surface area (Å²) in [5.74, 6) is 0.622. The summed E-state index contributed by atoms with van der Waals surface area (Å²) in [6.07, 6.45) is 6.11. The van der Waals surface area contributed by atoms with Crippen molar-refractivity contribution < 1.29 is 14.4 Å². The number of rotatable bonds is 3. The van der Waals surface area contributed by atoms with Gasteiger partial charge in [-0.2, -0.15) is 0 Å². The molecule has 1 unspecified atom stereocenters. The molecule has 0 aromatic rings. The molecular weight excluding hydrogens is 196 g/mol. The van der Waals surface area contributed by atoms with E-state index in [-0.39, 0.29) is 6.54 Å². The van der Waals surface area contributed by atoms with Crippen LogP contribution < -0.4 is 5.32 Å². The van der Waals surface area contributed by atoms with E-state index in [0.29, 0.717) is 12.8 Å². The molecule has 0 bridgehead atoms. The van der Waals surface area contributed by atoms with Crippen LogP contribution in [0, 0.1) is 18.3 Å². The topological polar surface area (TPSA) is 66.5 Å². The molecule has 1 aliphatic rings. The van der Waals surface area contributed by atoms with E-state index >= 15 is 0 Å². The van der Waals surface area contributed by atoms with Gasteiger partial charge in [0.2, 0.25) is 11.8 Å². The zero-order chi connectivity index (χ0) is 11.4. The second-order valence-electron chi connectivity index (χ2n) is 3.31. The zero-order valence-corrected chi connectivity index (χ0v) is 8.45. The minimum absolute atomic E-state index is 0.256. The highest BCUT2D eigenvalue weighted by atomic mass is 16.2. The number of amides is 4. The van der Waals surface area contributed by atoms with Crippen LogP contribution in [0.1, 0.15) is 19.8 Å². The van der Waals surface area contributed by atoms with Crippen molar-refractivity contribution in [2.75, 3.05) is 6.54 Å². The van der Waals surface area contributed by atoms with Gasteiger partial charge in [0.15, 0.2) is 0 Å². The molecule has 0 aromatic carbocycles. The molecule has 0 radical (unpaired) electrons. The van der Waals surface area contributed by atoms with Crippen molar-refractivity contribution in [1.82, 2.24) is 10.2 Å². The van der Waals surface area contributed by atoms with Crippen molar-refractivity contribution >= 4 is 17.8 Å². The fourth-order valence-corrected chi connectivity index (χ4v) is 1.28. The molecule has 1 heterocycles. The highest BCUT2D eigenvalue weighted by Gasteiger charge is 2.36. The Morgan fingerprint density at radius 3 is 2.73 bits per heavy atom. The van der Waals surface area contributed by atoms with Crippen molar-refractivity contribution in [3.63, 3.8) is 0 Å². The second-order valence-corrected chi connectivity index (χ2v) is 3.31. The van der Waals surface area contributed by atoms with E-state index in [1.807, 2.05) is 0 Å². The summed E-state index contributed by atoms with van der Waals surface area (Å²) >= 11 is 0. The molecule has 0 spiro atoms. The van der Waals surface area contributed by atoms with Gasteiger partial charge in [0.05, 0.1) is 0 Å². The van der Waals surface area contributed by atoms with Crippen LogP contribution >= 0.6 is 0 Å². The highest BCUT2D eigenvalue weighted by Crippen LogP contribution is 2.10. The molecule has 0 aromatic heterocycles. The quantitative estimate of drug-likeness (QED) is 0.407. The van der Waals surface area contributed by atoms with Gasteiger partial charge in [-0.3, -0.25) is 19.8 Å². The van der Waals surface area contributed by atoms with Gasteiger partial charge in [0.25, 0.3) is 0 Å². The van der Waals surface area contributed by atoms with E-state index in [0.717, 1.165) is 4.90 Å². The Morgan fingerprint density at radius 1 is 1.47 bits per heavy atom. The fraction of sp³-hybridized carbons (Fsp3) is 0.500. The van der Waals surface area contributed by atoms with Gasteiger partial charge in [-0.05, 0) is 13.3 Å². The third-order valence-corrected chi connectivity index (χ3v) is 2.21. The first-order chi connectivity index (χ1) is 7.07. The lowest BCUT2D eigenvalue weighted by atomic mass is 10.1. The molecule has 80 valence electrons. The van der Waals surface area contributed by atoms with E-state index in [9.17, 15) is 14.4 Å². The molecule has 15 heavy (non-hydrogen) atoms. The molecule has 1 aliphatic heterocycles. The Morgan fingerprint density at radius 2 is 2.13 bits per heavy atom. The maximum atomic E-state index is 11.5. The lowest BCUT2D eigenvalue weighted by molar-refractivity contribution is -0.141. The monoisotopic (exact) mass is 208 g/mol. The average Bonchev–Trinajstić information content (AvgIpc) is 2.20. The summed E-state index contributed by atoms with van der Waals surface area (Å²) in [4.78, 5) is 34.9. The third-order valence-electron chi connectivity index (χ3n) is 2.21. The van der Waals surface area contributed by atoms with Gasteiger partial charge in [-0.15, -0.1) is 12.3 Å². The number of unbranched alkanes of at least 4 members (excludes halogenated alkanes) is 1. The van der Waals surface area contributed by atoms with Crippen LogP contribution in [-0.2, 0) is 9.59 Å². The number of barbiturate groups is 1. The molecular formula is C10H12N2O3. The van der Waals surface area contributed by atoms with Gasteiger partial charge in [0, 0.05) is 13.0 Å². The van der Waals surface area contributed by atoms with Crippen molar-refractivity contribution in [2.24, 2.45) is 5.92 Å². The molecule has 1 fully saturated rings. The minimum Gasteiger partial charge on any atom is -0.277 e. The van der Waals surface area contributed by atoms with Crippen molar-refractivity contribution in [3.05, 3.63) is 0 Å². The number of nitrogens with zero attached hydrogens (tertiary/aromatic N) is 1. The van der Waals surface area contributed by atoms with E-state index in [1.54, 1.807) is 0 Å². The molecule has 1 saturated heterocycles. The Bertz CT molecular complexity index is 343. The minimum atomic E-state index is -0.798. The first kappa shape index (κ1) is 11.2. The Kier molecular flexibility index (Phi) is 3.45. The van der Waals surface area contributed by atoms with Crippen LogP contribution in [0.4, 0.5) is 4.79 Å². The Balaban J connectivity index is 2.63. The molecule has 1 N–H and O–H groups in total. The molecule has 4 amide bonds. The summed E-state index contributed by atoms with van der Waals surface area (Å²) in [6.45, 7) is 1.73. The van der Waals surface area contributed by atoms with Gasteiger partial charge in [0.1, 0.15) is 5.92 Å². The van der Waals surface area contributed by atoms with Crippen molar-refractivity contribution in [3.8, 4) is 12.3 Å². The molecule has 1 rings (SSSR count). The third kappa shape index (κ3) is 2.34. The number of hydrogen-bond donors (Lipinski definition) is 1. The lowest BCUT2D eigenvalue weighted by Gasteiger charge is -2.28. The number of urea groups is 1. The summed E-state index contributed by atoms with van der Waals surface area (Å²) in [5, 5.41) is 2.11. The molecule has 0 aliphatic carbocycles. The average molecular weight is 208 g/mol. The first-order valence-corrected chi connectivity index (χ1v) is 4.67. The van der Waals surface area contributed by atoms with Crippen molar-refractivity contribution in [1.29, 1.82) is 0 Å². The molecule has 5 nitrogen and oxygen atoms in total. The van der Waals surface area contributed by atoms with Gasteiger partial charge >= 0.3 is 6.03 Å². The summed E-state index contributed by atoms with van der Waals surface area (Å²) in [7, 11) is 0. The lowest BCUT2D eigenvalue weighted by Crippen LogP contribution is -2.57. The standard InChI is InChI=1S/C10H12N2O3/c1-3-4-5-6-12-9(14)7(2)8(13)11-10(12)15/h1,7H,4-6H2,2H3,(H,11,13,15). The maximum absolute atomic E-state index is 11.5. The van der Waals surface area contributed by atoms with E-state index in [1.165, 1.54) is 6.92 Å². The number of terminal acetylenes is 1. The molecule has 1 atom stereocenters. The number of carbonyl (C=O) groups excluding carboxylic acids is 3. The maximum Gasteiger partial charge on any atom is 0.330 e. The summed E-state index contributed by atoms with van der Waals surface area (Å²) in [6, 6.07) is -0.653. The van der Waals surface area contributed by atoms with Crippen LogP contribution in [0.15, 0.2) is 0 Å². The van der Waals surface area contributed by atoms with Crippen molar-refractivity contribution in [2.45, 2.75) is 19.8 Å². The Labute approximate surface area is 87.8 Å². The van der Waals surface area contributed by atoms with E-state index < -0.39 is 23.8 Å². The van der Waals surface area contributed by atoms with Crippen LogP contribution in [0.3, 0.4) is 0 Å². The highest BCUT2D eigenvalue weighted by molar-refractivity contribution is 6.15.